The maximum Gasteiger partial charge on any atom is 0.274 e. The Bertz CT molecular complexity index is 996. The highest BCUT2D eigenvalue weighted by Crippen LogP contribution is 2.32. The van der Waals surface area contributed by atoms with Gasteiger partial charge in [0.15, 0.2) is 0 Å². The van der Waals surface area contributed by atoms with Crippen LogP contribution in [0.4, 0.5) is 0 Å². The van der Waals surface area contributed by atoms with Crippen molar-refractivity contribution >= 4 is 5.91 Å². The van der Waals surface area contributed by atoms with Crippen LogP contribution in [-0.2, 0) is 7.05 Å². The Morgan fingerprint density at radius 3 is 2.57 bits per heavy atom. The normalized spacial score (nSPS) is 17.0. The van der Waals surface area contributed by atoms with Crippen molar-refractivity contribution in [2.24, 2.45) is 7.05 Å². The summed E-state index contributed by atoms with van der Waals surface area (Å²) in [4.78, 5) is 36.8. The van der Waals surface area contributed by atoms with Crippen molar-refractivity contribution in [3.8, 4) is 11.4 Å². The first-order chi connectivity index (χ1) is 13.5. The number of piperidine rings is 1. The van der Waals surface area contributed by atoms with E-state index >= 15 is 0 Å². The first-order valence-corrected chi connectivity index (χ1v) is 9.42. The van der Waals surface area contributed by atoms with E-state index in [1.807, 2.05) is 36.6 Å². The monoisotopic (exact) mass is 377 g/mol. The number of imidazole rings is 1. The maximum absolute atomic E-state index is 12.9. The van der Waals surface area contributed by atoms with E-state index in [1.54, 1.807) is 24.8 Å². The number of hydrogen-bond donors (Lipinski definition) is 0. The van der Waals surface area contributed by atoms with Gasteiger partial charge in [-0.1, -0.05) is 0 Å². The zero-order chi connectivity index (χ0) is 19.7. The summed E-state index contributed by atoms with van der Waals surface area (Å²) in [5.74, 6) is 0.957. The molecular weight excluding hydrogens is 354 g/mol. The van der Waals surface area contributed by atoms with Gasteiger partial charge < -0.3 is 9.47 Å². The molecule has 0 N–H and O–H groups in total. The molecule has 3 aromatic heterocycles. The second-order valence-corrected chi connectivity index (χ2v) is 7.17. The van der Waals surface area contributed by atoms with E-state index in [-0.39, 0.29) is 11.8 Å². The van der Waals surface area contributed by atoms with Crippen LogP contribution < -0.4 is 0 Å². The average Bonchev–Trinajstić information content (AvgIpc) is 3.06. The Labute approximate surface area is 163 Å². The summed E-state index contributed by atoms with van der Waals surface area (Å²) in [6.07, 6.45) is 10.3. The number of likely N-dealkylation sites (tertiary alicyclic amines) is 1. The fourth-order valence-electron chi connectivity index (χ4n) is 3.62. The van der Waals surface area contributed by atoms with E-state index in [0.717, 1.165) is 41.4 Å². The Balaban J connectivity index is 1.61. The maximum atomic E-state index is 12.9. The largest absolute Gasteiger partial charge is 0.337 e. The van der Waals surface area contributed by atoms with E-state index in [1.165, 1.54) is 0 Å². The van der Waals surface area contributed by atoms with Crippen LogP contribution in [0.15, 0.2) is 31.0 Å². The molecule has 0 aliphatic carbocycles. The van der Waals surface area contributed by atoms with Crippen molar-refractivity contribution in [1.82, 2.24) is 34.4 Å². The van der Waals surface area contributed by atoms with Gasteiger partial charge in [0.2, 0.25) is 0 Å². The predicted octanol–water partition coefficient (Wildman–Crippen LogP) is 2.30. The van der Waals surface area contributed by atoms with Crippen LogP contribution in [0.1, 0.15) is 46.5 Å². The fourth-order valence-corrected chi connectivity index (χ4v) is 3.62. The van der Waals surface area contributed by atoms with E-state index < -0.39 is 0 Å². The number of rotatable bonds is 3. The van der Waals surface area contributed by atoms with Gasteiger partial charge in [-0.15, -0.1) is 0 Å². The highest BCUT2D eigenvalue weighted by molar-refractivity contribution is 5.92. The Kier molecular flexibility index (Phi) is 4.85. The lowest BCUT2D eigenvalue weighted by Crippen LogP contribution is -2.40. The number of aryl methyl sites for hydroxylation is 2. The molecule has 0 unspecified atom stereocenters. The molecular formula is C20H23N7O. The van der Waals surface area contributed by atoms with E-state index in [0.29, 0.717) is 18.8 Å². The number of nitrogens with zero attached hydrogens (tertiary/aromatic N) is 7. The molecule has 1 saturated heterocycles. The first kappa shape index (κ1) is 18.2. The molecule has 0 spiro atoms. The molecule has 28 heavy (non-hydrogen) atoms. The third kappa shape index (κ3) is 3.37. The van der Waals surface area contributed by atoms with Gasteiger partial charge in [0, 0.05) is 44.6 Å². The minimum Gasteiger partial charge on any atom is -0.337 e. The molecule has 0 radical (unpaired) electrons. The molecule has 0 saturated carbocycles. The molecule has 0 bridgehead atoms. The number of carbonyl (C=O) groups excluding carboxylic acids is 1. The molecule has 0 aromatic carbocycles. The molecule has 8 nitrogen and oxygen atoms in total. The molecule has 1 aliphatic rings. The van der Waals surface area contributed by atoms with Gasteiger partial charge in [0.25, 0.3) is 5.91 Å². The summed E-state index contributed by atoms with van der Waals surface area (Å²) in [5, 5.41) is 0. The predicted molar refractivity (Wildman–Crippen MR) is 104 cm³/mol. The van der Waals surface area contributed by atoms with Crippen LogP contribution in [0, 0.1) is 13.8 Å². The minimum atomic E-state index is -0.0842. The van der Waals surface area contributed by atoms with Crippen LogP contribution >= 0.6 is 0 Å². The van der Waals surface area contributed by atoms with Crippen LogP contribution in [-0.4, -0.2) is 53.4 Å². The summed E-state index contributed by atoms with van der Waals surface area (Å²) in [5.41, 5.74) is 3.86. The molecule has 144 valence electrons. The molecule has 1 aliphatic heterocycles. The zero-order valence-corrected chi connectivity index (χ0v) is 16.3. The third-order valence-electron chi connectivity index (χ3n) is 5.28. The van der Waals surface area contributed by atoms with E-state index in [4.69, 9.17) is 0 Å². The lowest BCUT2D eigenvalue weighted by Gasteiger charge is -2.32. The lowest BCUT2D eigenvalue weighted by molar-refractivity contribution is 0.0699. The first-order valence-electron chi connectivity index (χ1n) is 9.42. The highest BCUT2D eigenvalue weighted by atomic mass is 16.2. The number of carbonyl (C=O) groups is 1. The molecule has 4 heterocycles. The molecule has 1 fully saturated rings. The van der Waals surface area contributed by atoms with E-state index in [9.17, 15) is 4.79 Å². The molecule has 4 rings (SSSR count). The molecule has 1 amide bonds. The Morgan fingerprint density at radius 2 is 1.86 bits per heavy atom. The SMILES string of the molecule is Cc1cnc(C(=O)N2CCC[C@@H](c3nccnc3-c3cnc(C)n3C)C2)cn1. The van der Waals surface area contributed by atoms with Gasteiger partial charge in [0.1, 0.15) is 17.2 Å². The summed E-state index contributed by atoms with van der Waals surface area (Å²) >= 11 is 0. The highest BCUT2D eigenvalue weighted by Gasteiger charge is 2.29. The standard InChI is InChI=1S/C20H23N7O/c1-13-9-25-16(10-23-13)20(28)27-8-4-5-15(12-27)18-19(22-7-6-21-18)17-11-24-14(2)26(17)3/h6-7,9-11,15H,4-5,8,12H2,1-3H3/t15-/m1/s1. The van der Waals surface area contributed by atoms with Crippen LogP contribution in [0.3, 0.4) is 0 Å². The molecule has 3 aromatic rings. The number of hydrogen-bond acceptors (Lipinski definition) is 6. The van der Waals surface area contributed by atoms with Gasteiger partial charge >= 0.3 is 0 Å². The van der Waals surface area contributed by atoms with Crippen molar-refractivity contribution in [3.05, 3.63) is 53.9 Å². The van der Waals surface area contributed by atoms with Crippen LogP contribution in [0.2, 0.25) is 0 Å². The van der Waals surface area contributed by atoms with Crippen molar-refractivity contribution in [2.45, 2.75) is 32.6 Å². The Morgan fingerprint density at radius 1 is 1.04 bits per heavy atom. The van der Waals surface area contributed by atoms with Gasteiger partial charge in [-0.2, -0.15) is 0 Å². The summed E-state index contributed by atoms with van der Waals surface area (Å²) in [6, 6.07) is 0. The van der Waals surface area contributed by atoms with Gasteiger partial charge in [-0.05, 0) is 26.7 Å². The lowest BCUT2D eigenvalue weighted by atomic mass is 9.92. The zero-order valence-electron chi connectivity index (χ0n) is 16.3. The van der Waals surface area contributed by atoms with E-state index in [2.05, 4.69) is 24.9 Å². The van der Waals surface area contributed by atoms with Crippen LogP contribution in [0.5, 0.6) is 0 Å². The summed E-state index contributed by atoms with van der Waals surface area (Å²) in [6.45, 7) is 5.12. The summed E-state index contributed by atoms with van der Waals surface area (Å²) in [7, 11) is 1.98. The Hall–Kier alpha value is -3.16. The smallest absolute Gasteiger partial charge is 0.274 e. The van der Waals surface area contributed by atoms with Gasteiger partial charge in [0.05, 0.1) is 29.5 Å². The quantitative estimate of drug-likeness (QED) is 0.696. The number of amides is 1. The van der Waals surface area contributed by atoms with Crippen LogP contribution in [0.25, 0.3) is 11.4 Å². The van der Waals surface area contributed by atoms with Crippen molar-refractivity contribution in [2.75, 3.05) is 13.1 Å². The summed E-state index contributed by atoms with van der Waals surface area (Å²) < 4.78 is 2.02. The molecule has 8 heteroatoms. The second-order valence-electron chi connectivity index (χ2n) is 7.17. The van der Waals surface area contributed by atoms with Gasteiger partial charge in [-0.3, -0.25) is 19.7 Å². The minimum absolute atomic E-state index is 0.0842. The fraction of sp³-hybridized carbons (Fsp3) is 0.400. The number of aromatic nitrogens is 6. The molecule has 1 atom stereocenters. The second kappa shape index (κ2) is 7.46. The van der Waals surface area contributed by atoms with Crippen molar-refractivity contribution < 1.29 is 4.79 Å². The topological polar surface area (TPSA) is 89.7 Å². The third-order valence-corrected chi connectivity index (χ3v) is 5.28. The van der Waals surface area contributed by atoms with Gasteiger partial charge in [-0.25, -0.2) is 9.97 Å². The average molecular weight is 377 g/mol. The van der Waals surface area contributed by atoms with Crippen molar-refractivity contribution in [1.29, 1.82) is 0 Å². The van der Waals surface area contributed by atoms with Crippen molar-refractivity contribution in [3.63, 3.8) is 0 Å².